The van der Waals surface area contributed by atoms with Gasteiger partial charge in [-0.05, 0) is 20.8 Å². The highest BCUT2D eigenvalue weighted by atomic mass is 16.6. The number of amides is 1. The second-order valence-corrected chi connectivity index (χ2v) is 6.25. The van der Waals surface area contributed by atoms with Crippen LogP contribution in [0.5, 0.6) is 0 Å². The summed E-state index contributed by atoms with van der Waals surface area (Å²) in [5.74, 6) is -0.463. The van der Waals surface area contributed by atoms with Crippen LogP contribution in [-0.4, -0.2) is 83.7 Å². The van der Waals surface area contributed by atoms with Crippen molar-refractivity contribution >= 4 is 12.1 Å². The average Bonchev–Trinajstić information content (AvgIpc) is 2.59. The molecule has 9 nitrogen and oxygen atoms in total. The molecule has 9 heteroatoms. The van der Waals surface area contributed by atoms with Crippen LogP contribution in [0.1, 0.15) is 20.8 Å². The molecule has 0 heterocycles. The maximum atomic E-state index is 11.4. The summed E-state index contributed by atoms with van der Waals surface area (Å²) in [6.45, 7) is 12.6. The highest BCUT2D eigenvalue weighted by Gasteiger charge is 2.15. The zero-order valence-electron chi connectivity index (χ0n) is 16.6. The van der Waals surface area contributed by atoms with Gasteiger partial charge in [0.1, 0.15) is 12.2 Å². The molecule has 0 unspecified atom stereocenters. The number of carbonyl (C=O) groups excluding carboxylic acids is 2. The molecule has 0 aliphatic carbocycles. The third kappa shape index (κ3) is 20.5. The van der Waals surface area contributed by atoms with Crippen molar-refractivity contribution in [1.82, 2.24) is 5.32 Å². The van der Waals surface area contributed by atoms with Crippen LogP contribution in [0.2, 0.25) is 0 Å². The Labute approximate surface area is 161 Å². The lowest BCUT2D eigenvalue weighted by atomic mass is 10.2. The summed E-state index contributed by atoms with van der Waals surface area (Å²) in [5, 5.41) is 2.60. The minimum atomic E-state index is -0.507. The minimum Gasteiger partial charge on any atom is -0.460 e. The Morgan fingerprint density at radius 2 is 1.26 bits per heavy atom. The Kier molecular flexibility index (Phi) is 15.5. The van der Waals surface area contributed by atoms with Gasteiger partial charge in [-0.3, -0.25) is 0 Å². The van der Waals surface area contributed by atoms with Crippen molar-refractivity contribution in [3.63, 3.8) is 0 Å². The van der Waals surface area contributed by atoms with Crippen LogP contribution in [0.3, 0.4) is 0 Å². The number of rotatable bonds is 16. The second kappa shape index (κ2) is 16.5. The second-order valence-electron chi connectivity index (χ2n) is 6.25. The standard InChI is InChI=1S/C18H33NO8/c1-5-16(20)26-15-14-25-13-12-24-11-10-23-9-8-22-7-6-19-17(21)27-18(2,3)4/h5H,1,6-15H2,2-4H3,(H,19,21). The number of esters is 1. The summed E-state index contributed by atoms with van der Waals surface area (Å²) in [6, 6.07) is 0. The lowest BCUT2D eigenvalue weighted by molar-refractivity contribution is -0.139. The monoisotopic (exact) mass is 391 g/mol. The van der Waals surface area contributed by atoms with E-state index < -0.39 is 17.7 Å². The first-order chi connectivity index (χ1) is 12.8. The fourth-order valence-electron chi connectivity index (χ4n) is 1.56. The Balaban J connectivity index is 3.18. The summed E-state index contributed by atoms with van der Waals surface area (Å²) >= 11 is 0. The van der Waals surface area contributed by atoms with Gasteiger partial charge in [0.2, 0.25) is 0 Å². The van der Waals surface area contributed by atoms with Gasteiger partial charge in [0.15, 0.2) is 0 Å². The summed E-state index contributed by atoms with van der Waals surface area (Å²) in [7, 11) is 0. The van der Waals surface area contributed by atoms with Crippen LogP contribution in [0.25, 0.3) is 0 Å². The molecule has 0 saturated heterocycles. The van der Waals surface area contributed by atoms with Gasteiger partial charge in [0, 0.05) is 12.6 Å². The van der Waals surface area contributed by atoms with Gasteiger partial charge in [-0.1, -0.05) is 6.58 Å². The first kappa shape index (κ1) is 25.3. The summed E-state index contributed by atoms with van der Waals surface area (Å²) in [6.07, 6.45) is 0.649. The van der Waals surface area contributed by atoms with Crippen LogP contribution in [0.4, 0.5) is 4.79 Å². The topological polar surface area (TPSA) is 102 Å². The summed E-state index contributed by atoms with van der Waals surface area (Å²) in [5.41, 5.74) is -0.507. The van der Waals surface area contributed by atoms with Gasteiger partial charge >= 0.3 is 12.1 Å². The number of ether oxygens (including phenoxy) is 6. The van der Waals surface area contributed by atoms with Crippen LogP contribution in [0.15, 0.2) is 12.7 Å². The Morgan fingerprint density at radius 3 is 1.70 bits per heavy atom. The molecule has 0 spiro atoms. The Bertz CT molecular complexity index is 409. The maximum Gasteiger partial charge on any atom is 0.407 e. The van der Waals surface area contributed by atoms with E-state index in [2.05, 4.69) is 11.9 Å². The van der Waals surface area contributed by atoms with Crippen LogP contribution in [-0.2, 0) is 33.2 Å². The zero-order valence-corrected chi connectivity index (χ0v) is 16.6. The van der Waals surface area contributed by atoms with Crippen molar-refractivity contribution in [3.05, 3.63) is 12.7 Å². The number of carbonyl (C=O) groups is 2. The molecule has 0 aromatic rings. The zero-order chi connectivity index (χ0) is 20.4. The highest BCUT2D eigenvalue weighted by Crippen LogP contribution is 2.05. The first-order valence-electron chi connectivity index (χ1n) is 8.92. The van der Waals surface area contributed by atoms with Crippen molar-refractivity contribution in [2.24, 2.45) is 0 Å². The van der Waals surface area contributed by atoms with Crippen LogP contribution in [0, 0.1) is 0 Å². The third-order valence-electron chi connectivity index (χ3n) is 2.67. The largest absolute Gasteiger partial charge is 0.460 e. The lowest BCUT2D eigenvalue weighted by Crippen LogP contribution is -2.34. The average molecular weight is 391 g/mol. The van der Waals surface area contributed by atoms with Gasteiger partial charge in [0.25, 0.3) is 0 Å². The van der Waals surface area contributed by atoms with E-state index >= 15 is 0 Å². The molecule has 1 amide bonds. The molecular formula is C18H33NO8. The molecule has 27 heavy (non-hydrogen) atoms. The van der Waals surface area contributed by atoms with Crippen molar-refractivity contribution in [2.75, 3.05) is 66.0 Å². The Hall–Kier alpha value is -1.68. The Morgan fingerprint density at radius 1 is 0.815 bits per heavy atom. The van der Waals surface area contributed by atoms with Crippen molar-refractivity contribution < 1.29 is 38.0 Å². The third-order valence-corrected chi connectivity index (χ3v) is 2.67. The van der Waals surface area contributed by atoms with E-state index in [-0.39, 0.29) is 6.61 Å². The SMILES string of the molecule is C=CC(=O)OCCOCCOCCOCCOCCNC(=O)OC(C)(C)C. The molecular weight excluding hydrogens is 358 g/mol. The lowest BCUT2D eigenvalue weighted by Gasteiger charge is -2.19. The normalized spacial score (nSPS) is 11.1. The summed E-state index contributed by atoms with van der Waals surface area (Å²) in [4.78, 5) is 22.1. The van der Waals surface area contributed by atoms with E-state index in [0.29, 0.717) is 59.4 Å². The van der Waals surface area contributed by atoms with Gasteiger partial charge in [0.05, 0.1) is 52.9 Å². The number of alkyl carbamates (subject to hydrolysis) is 1. The molecule has 0 atom stereocenters. The van der Waals surface area contributed by atoms with Crippen LogP contribution < -0.4 is 5.32 Å². The molecule has 0 rings (SSSR count). The van der Waals surface area contributed by atoms with Crippen LogP contribution >= 0.6 is 0 Å². The molecule has 0 aromatic carbocycles. The summed E-state index contributed by atoms with van der Waals surface area (Å²) < 4.78 is 31.0. The fraction of sp³-hybridized carbons (Fsp3) is 0.778. The predicted molar refractivity (Wildman–Crippen MR) is 98.7 cm³/mol. The molecule has 1 N–H and O–H groups in total. The predicted octanol–water partition coefficient (Wildman–Crippen LogP) is 1.31. The van der Waals surface area contributed by atoms with E-state index in [1.54, 1.807) is 20.8 Å². The van der Waals surface area contributed by atoms with E-state index in [1.807, 2.05) is 0 Å². The van der Waals surface area contributed by atoms with E-state index in [4.69, 9.17) is 28.4 Å². The quantitative estimate of drug-likeness (QED) is 0.239. The molecule has 0 aliphatic rings. The van der Waals surface area contributed by atoms with E-state index in [9.17, 15) is 9.59 Å². The fourth-order valence-corrected chi connectivity index (χ4v) is 1.56. The molecule has 0 radical (unpaired) electrons. The number of hydrogen-bond acceptors (Lipinski definition) is 8. The molecule has 0 bridgehead atoms. The molecule has 0 saturated carbocycles. The molecule has 0 fully saturated rings. The number of hydrogen-bond donors (Lipinski definition) is 1. The minimum absolute atomic E-state index is 0.196. The number of nitrogens with one attached hydrogen (secondary N) is 1. The molecule has 0 aromatic heterocycles. The smallest absolute Gasteiger partial charge is 0.407 e. The van der Waals surface area contributed by atoms with E-state index in [0.717, 1.165) is 6.08 Å². The maximum absolute atomic E-state index is 11.4. The van der Waals surface area contributed by atoms with Crippen molar-refractivity contribution in [2.45, 2.75) is 26.4 Å². The molecule has 158 valence electrons. The van der Waals surface area contributed by atoms with Crippen molar-refractivity contribution in [1.29, 1.82) is 0 Å². The van der Waals surface area contributed by atoms with Gasteiger partial charge in [-0.25, -0.2) is 9.59 Å². The first-order valence-corrected chi connectivity index (χ1v) is 8.92. The van der Waals surface area contributed by atoms with Gasteiger partial charge in [-0.15, -0.1) is 0 Å². The van der Waals surface area contributed by atoms with Gasteiger partial charge < -0.3 is 33.7 Å². The van der Waals surface area contributed by atoms with Gasteiger partial charge in [-0.2, -0.15) is 0 Å². The molecule has 0 aliphatic heterocycles. The highest BCUT2D eigenvalue weighted by molar-refractivity contribution is 5.81. The van der Waals surface area contributed by atoms with E-state index in [1.165, 1.54) is 0 Å². The van der Waals surface area contributed by atoms with Crippen molar-refractivity contribution in [3.8, 4) is 0 Å².